The van der Waals surface area contributed by atoms with Gasteiger partial charge >= 0.3 is 0 Å². The van der Waals surface area contributed by atoms with Crippen LogP contribution in [-0.4, -0.2) is 21.2 Å². The lowest BCUT2D eigenvalue weighted by Gasteiger charge is -2.06. The Bertz CT molecular complexity index is 661. The minimum absolute atomic E-state index is 0.310. The topological polar surface area (TPSA) is 30.7 Å². The Kier molecular flexibility index (Phi) is 2.76. The first-order chi connectivity index (χ1) is 8.90. The fourth-order valence-corrected chi connectivity index (χ4v) is 2.10. The molecule has 4 heteroatoms. The highest BCUT2D eigenvalue weighted by molar-refractivity contribution is 5.80. The number of aromatic nitrogens is 3. The van der Waals surface area contributed by atoms with E-state index in [2.05, 4.69) is 9.97 Å². The number of para-hydroxylation sites is 2. The van der Waals surface area contributed by atoms with E-state index < -0.39 is 6.67 Å². The van der Waals surface area contributed by atoms with Crippen molar-refractivity contribution in [1.29, 1.82) is 0 Å². The van der Waals surface area contributed by atoms with Crippen molar-refractivity contribution in [2.24, 2.45) is 0 Å². The van der Waals surface area contributed by atoms with Gasteiger partial charge in [-0.05, 0) is 24.3 Å². The highest BCUT2D eigenvalue weighted by atomic mass is 19.1. The van der Waals surface area contributed by atoms with Crippen LogP contribution in [0.2, 0.25) is 0 Å². The van der Waals surface area contributed by atoms with Crippen LogP contribution in [0.15, 0.2) is 48.8 Å². The molecule has 2 aromatic heterocycles. The van der Waals surface area contributed by atoms with Crippen LogP contribution >= 0.6 is 0 Å². The molecule has 0 saturated heterocycles. The predicted octanol–water partition coefficient (Wildman–Crippen LogP) is 3.07. The molecule has 0 aliphatic carbocycles. The standard InChI is InChI=1S/C14H12FN3/c15-7-9-18-13-6-2-1-5-12(13)17-14(18)11-4-3-8-16-10-11/h1-6,8,10H,7,9H2. The maximum atomic E-state index is 12.7. The van der Waals surface area contributed by atoms with Crippen LogP contribution in [0.4, 0.5) is 4.39 Å². The Morgan fingerprint density at radius 3 is 2.78 bits per heavy atom. The van der Waals surface area contributed by atoms with E-state index in [-0.39, 0.29) is 0 Å². The number of pyridine rings is 1. The monoisotopic (exact) mass is 241 g/mol. The summed E-state index contributed by atoms with van der Waals surface area (Å²) in [6.45, 7) is -0.0989. The molecule has 0 bridgehead atoms. The number of aryl methyl sites for hydroxylation is 1. The third-order valence-corrected chi connectivity index (χ3v) is 2.88. The molecule has 90 valence electrons. The summed E-state index contributed by atoms with van der Waals surface area (Å²) in [5, 5.41) is 0. The van der Waals surface area contributed by atoms with Gasteiger partial charge in [0.15, 0.2) is 0 Å². The van der Waals surface area contributed by atoms with Gasteiger partial charge in [0, 0.05) is 18.0 Å². The average Bonchev–Trinajstić information content (AvgIpc) is 2.80. The molecule has 0 radical (unpaired) electrons. The molecule has 3 aromatic rings. The summed E-state index contributed by atoms with van der Waals surface area (Å²) in [6.07, 6.45) is 3.46. The summed E-state index contributed by atoms with van der Waals surface area (Å²) in [5.41, 5.74) is 2.74. The van der Waals surface area contributed by atoms with Crippen molar-refractivity contribution in [2.75, 3.05) is 6.67 Å². The number of rotatable bonds is 3. The fraction of sp³-hybridized carbons (Fsp3) is 0.143. The summed E-state index contributed by atoms with van der Waals surface area (Å²) >= 11 is 0. The number of alkyl halides is 1. The molecule has 0 unspecified atom stereocenters. The van der Waals surface area contributed by atoms with Crippen molar-refractivity contribution in [2.45, 2.75) is 6.54 Å². The van der Waals surface area contributed by atoms with E-state index in [1.165, 1.54) is 0 Å². The zero-order valence-electron chi connectivity index (χ0n) is 9.75. The molecule has 0 saturated carbocycles. The summed E-state index contributed by atoms with van der Waals surface area (Å²) < 4.78 is 14.6. The lowest BCUT2D eigenvalue weighted by molar-refractivity contribution is 0.451. The van der Waals surface area contributed by atoms with Crippen molar-refractivity contribution in [1.82, 2.24) is 14.5 Å². The van der Waals surface area contributed by atoms with Gasteiger partial charge in [-0.1, -0.05) is 12.1 Å². The van der Waals surface area contributed by atoms with E-state index >= 15 is 0 Å². The second kappa shape index (κ2) is 4.56. The third-order valence-electron chi connectivity index (χ3n) is 2.88. The van der Waals surface area contributed by atoms with E-state index in [1.807, 2.05) is 41.0 Å². The van der Waals surface area contributed by atoms with Crippen molar-refractivity contribution in [3.8, 4) is 11.4 Å². The number of hydrogen-bond acceptors (Lipinski definition) is 2. The van der Waals surface area contributed by atoms with Gasteiger partial charge in [-0.2, -0.15) is 0 Å². The van der Waals surface area contributed by atoms with Gasteiger partial charge in [-0.3, -0.25) is 4.98 Å². The molecule has 0 atom stereocenters. The van der Waals surface area contributed by atoms with E-state index in [0.717, 1.165) is 22.4 Å². The summed E-state index contributed by atoms with van der Waals surface area (Å²) in [5.74, 6) is 0.766. The Hall–Kier alpha value is -2.23. The largest absolute Gasteiger partial charge is 0.321 e. The smallest absolute Gasteiger partial charge is 0.142 e. The first-order valence-electron chi connectivity index (χ1n) is 5.82. The number of benzene rings is 1. The van der Waals surface area contributed by atoms with Crippen molar-refractivity contribution >= 4 is 11.0 Å². The van der Waals surface area contributed by atoms with Gasteiger partial charge in [0.25, 0.3) is 0 Å². The van der Waals surface area contributed by atoms with Gasteiger partial charge in [-0.15, -0.1) is 0 Å². The fourth-order valence-electron chi connectivity index (χ4n) is 2.10. The SMILES string of the molecule is FCCn1c(-c2cccnc2)nc2ccccc21. The lowest BCUT2D eigenvalue weighted by atomic mass is 10.2. The average molecular weight is 241 g/mol. The molecule has 18 heavy (non-hydrogen) atoms. The first-order valence-corrected chi connectivity index (χ1v) is 5.82. The molecule has 0 N–H and O–H groups in total. The third kappa shape index (κ3) is 1.76. The molecule has 2 heterocycles. The van der Waals surface area contributed by atoms with E-state index in [9.17, 15) is 4.39 Å². The Morgan fingerprint density at radius 2 is 2.00 bits per heavy atom. The van der Waals surface area contributed by atoms with Crippen LogP contribution in [-0.2, 0) is 6.54 Å². The Morgan fingerprint density at radius 1 is 1.11 bits per heavy atom. The van der Waals surface area contributed by atoms with Crippen LogP contribution < -0.4 is 0 Å². The highest BCUT2D eigenvalue weighted by Crippen LogP contribution is 2.23. The molecule has 0 aliphatic heterocycles. The quantitative estimate of drug-likeness (QED) is 0.705. The van der Waals surface area contributed by atoms with Gasteiger partial charge in [0.1, 0.15) is 12.5 Å². The predicted molar refractivity (Wildman–Crippen MR) is 68.9 cm³/mol. The molecule has 0 spiro atoms. The molecule has 0 aliphatic rings. The van der Waals surface area contributed by atoms with Crippen LogP contribution in [0.25, 0.3) is 22.4 Å². The van der Waals surface area contributed by atoms with Crippen LogP contribution in [0, 0.1) is 0 Å². The number of fused-ring (bicyclic) bond motifs is 1. The van der Waals surface area contributed by atoms with Crippen molar-refractivity contribution < 1.29 is 4.39 Å². The first kappa shape index (κ1) is 10.9. The summed E-state index contributed by atoms with van der Waals surface area (Å²) in [7, 11) is 0. The van der Waals surface area contributed by atoms with Crippen LogP contribution in [0.5, 0.6) is 0 Å². The molecule has 3 rings (SSSR count). The van der Waals surface area contributed by atoms with Gasteiger partial charge < -0.3 is 4.57 Å². The minimum Gasteiger partial charge on any atom is -0.321 e. The number of imidazole rings is 1. The lowest BCUT2D eigenvalue weighted by Crippen LogP contribution is -2.02. The van der Waals surface area contributed by atoms with Crippen LogP contribution in [0.1, 0.15) is 0 Å². The second-order valence-electron chi connectivity index (χ2n) is 4.01. The van der Waals surface area contributed by atoms with Gasteiger partial charge in [0.2, 0.25) is 0 Å². The molecule has 3 nitrogen and oxygen atoms in total. The Balaban J connectivity index is 2.25. The maximum Gasteiger partial charge on any atom is 0.142 e. The molecule has 0 fully saturated rings. The van der Waals surface area contributed by atoms with Crippen molar-refractivity contribution in [3.63, 3.8) is 0 Å². The molecular weight excluding hydrogens is 229 g/mol. The molecule has 0 amide bonds. The summed E-state index contributed by atoms with van der Waals surface area (Å²) in [4.78, 5) is 8.64. The maximum absolute atomic E-state index is 12.7. The number of halogens is 1. The highest BCUT2D eigenvalue weighted by Gasteiger charge is 2.11. The zero-order valence-corrected chi connectivity index (χ0v) is 9.75. The zero-order chi connectivity index (χ0) is 12.4. The van der Waals surface area contributed by atoms with E-state index in [0.29, 0.717) is 6.54 Å². The van der Waals surface area contributed by atoms with E-state index in [1.54, 1.807) is 12.4 Å². The Labute approximate surface area is 104 Å². The molecule has 1 aromatic carbocycles. The van der Waals surface area contributed by atoms with E-state index in [4.69, 9.17) is 0 Å². The molecular formula is C14H12FN3. The van der Waals surface area contributed by atoms with Crippen molar-refractivity contribution in [3.05, 3.63) is 48.8 Å². The van der Waals surface area contributed by atoms with Gasteiger partial charge in [-0.25, -0.2) is 9.37 Å². The number of nitrogens with zero attached hydrogens (tertiary/aromatic N) is 3. The van der Waals surface area contributed by atoms with Gasteiger partial charge in [0.05, 0.1) is 17.6 Å². The number of hydrogen-bond donors (Lipinski definition) is 0. The second-order valence-corrected chi connectivity index (χ2v) is 4.01. The normalized spacial score (nSPS) is 10.9. The van der Waals surface area contributed by atoms with Crippen LogP contribution in [0.3, 0.4) is 0 Å². The summed E-state index contributed by atoms with van der Waals surface area (Å²) in [6, 6.07) is 11.5. The minimum atomic E-state index is -0.409.